The predicted molar refractivity (Wildman–Crippen MR) is 75.7 cm³/mol. The number of nitrogens with one attached hydrogen (secondary N) is 1. The zero-order chi connectivity index (χ0) is 14.3. The number of methoxy groups -OCH3 is 1. The standard InChI is InChI=1S/C13H25NO3S/c1-7-13(4,5)14-12(16)10(3)18-9(2)8-11(15)17-6/h9-10H,7-8H2,1-6H3,(H,14,16). The number of esters is 1. The lowest BCUT2D eigenvalue weighted by Gasteiger charge is -2.27. The Morgan fingerprint density at radius 3 is 2.33 bits per heavy atom. The quantitative estimate of drug-likeness (QED) is 0.725. The number of hydrogen-bond donors (Lipinski definition) is 1. The maximum atomic E-state index is 12.0. The summed E-state index contributed by atoms with van der Waals surface area (Å²) in [5.41, 5.74) is -0.183. The third-order valence-electron chi connectivity index (χ3n) is 2.83. The summed E-state index contributed by atoms with van der Waals surface area (Å²) in [7, 11) is 1.37. The van der Waals surface area contributed by atoms with Crippen LogP contribution in [0.3, 0.4) is 0 Å². The van der Waals surface area contributed by atoms with E-state index in [1.54, 1.807) is 0 Å². The molecule has 0 spiro atoms. The van der Waals surface area contributed by atoms with Gasteiger partial charge in [-0.05, 0) is 27.2 Å². The van der Waals surface area contributed by atoms with Crippen molar-refractivity contribution in [2.24, 2.45) is 0 Å². The van der Waals surface area contributed by atoms with E-state index in [4.69, 9.17) is 0 Å². The molecule has 0 aliphatic rings. The lowest BCUT2D eigenvalue weighted by atomic mass is 10.0. The average molecular weight is 275 g/mol. The zero-order valence-electron chi connectivity index (χ0n) is 12.2. The van der Waals surface area contributed by atoms with Crippen molar-refractivity contribution in [3.63, 3.8) is 0 Å². The topological polar surface area (TPSA) is 55.4 Å². The lowest BCUT2D eigenvalue weighted by Crippen LogP contribution is -2.46. The van der Waals surface area contributed by atoms with E-state index in [9.17, 15) is 9.59 Å². The molecule has 106 valence electrons. The van der Waals surface area contributed by atoms with E-state index in [1.807, 2.05) is 34.6 Å². The third kappa shape index (κ3) is 6.89. The Hall–Kier alpha value is -0.710. The summed E-state index contributed by atoms with van der Waals surface area (Å²) < 4.78 is 4.61. The highest BCUT2D eigenvalue weighted by molar-refractivity contribution is 8.01. The van der Waals surface area contributed by atoms with E-state index >= 15 is 0 Å². The monoisotopic (exact) mass is 275 g/mol. The summed E-state index contributed by atoms with van der Waals surface area (Å²) in [6.45, 7) is 9.83. The van der Waals surface area contributed by atoms with Gasteiger partial charge in [-0.15, -0.1) is 11.8 Å². The minimum Gasteiger partial charge on any atom is -0.469 e. The molecule has 0 fully saturated rings. The maximum absolute atomic E-state index is 12.0. The number of ether oxygens (including phenoxy) is 1. The molecular weight excluding hydrogens is 250 g/mol. The van der Waals surface area contributed by atoms with Crippen LogP contribution in [0.2, 0.25) is 0 Å². The molecule has 0 bridgehead atoms. The first-order valence-corrected chi connectivity index (χ1v) is 7.20. The summed E-state index contributed by atoms with van der Waals surface area (Å²) >= 11 is 1.49. The molecule has 0 heterocycles. The molecule has 18 heavy (non-hydrogen) atoms. The summed E-state index contributed by atoms with van der Waals surface area (Å²) in [4.78, 5) is 23.1. The highest BCUT2D eigenvalue weighted by atomic mass is 32.2. The minimum atomic E-state index is -0.239. The van der Waals surface area contributed by atoms with Crippen molar-refractivity contribution in [2.75, 3.05) is 7.11 Å². The van der Waals surface area contributed by atoms with Gasteiger partial charge in [0.15, 0.2) is 0 Å². The largest absolute Gasteiger partial charge is 0.469 e. The van der Waals surface area contributed by atoms with Crippen LogP contribution in [0.1, 0.15) is 47.5 Å². The average Bonchev–Trinajstić information content (AvgIpc) is 2.27. The van der Waals surface area contributed by atoms with E-state index in [0.29, 0.717) is 6.42 Å². The Balaban J connectivity index is 4.19. The summed E-state index contributed by atoms with van der Waals surface area (Å²) in [6.07, 6.45) is 1.21. The molecule has 4 nitrogen and oxygen atoms in total. The van der Waals surface area contributed by atoms with Crippen LogP contribution < -0.4 is 5.32 Å². The first-order chi connectivity index (χ1) is 8.21. The van der Waals surface area contributed by atoms with Gasteiger partial charge in [0, 0.05) is 10.8 Å². The fraction of sp³-hybridized carbons (Fsp3) is 0.846. The lowest BCUT2D eigenvalue weighted by molar-refractivity contribution is -0.140. The number of thioether (sulfide) groups is 1. The number of rotatable bonds is 7. The van der Waals surface area contributed by atoms with Crippen LogP contribution >= 0.6 is 11.8 Å². The van der Waals surface area contributed by atoms with Crippen LogP contribution in [0.15, 0.2) is 0 Å². The Morgan fingerprint density at radius 2 is 1.89 bits per heavy atom. The van der Waals surface area contributed by atoms with Crippen LogP contribution in [0.4, 0.5) is 0 Å². The van der Waals surface area contributed by atoms with E-state index in [2.05, 4.69) is 10.1 Å². The van der Waals surface area contributed by atoms with Gasteiger partial charge in [-0.3, -0.25) is 9.59 Å². The van der Waals surface area contributed by atoms with Crippen LogP contribution in [-0.4, -0.2) is 35.0 Å². The van der Waals surface area contributed by atoms with Crippen LogP contribution in [0, 0.1) is 0 Å². The molecule has 0 aliphatic carbocycles. The summed E-state index contributed by atoms with van der Waals surface area (Å²) in [5.74, 6) is -0.222. The molecule has 5 heteroatoms. The van der Waals surface area contributed by atoms with Crippen molar-refractivity contribution in [3.8, 4) is 0 Å². The van der Waals surface area contributed by atoms with Gasteiger partial charge >= 0.3 is 5.97 Å². The van der Waals surface area contributed by atoms with E-state index in [1.165, 1.54) is 18.9 Å². The summed E-state index contributed by atoms with van der Waals surface area (Å²) in [6, 6.07) is 0. The first kappa shape index (κ1) is 17.3. The van der Waals surface area contributed by atoms with Crippen molar-refractivity contribution in [1.82, 2.24) is 5.32 Å². The molecule has 1 N–H and O–H groups in total. The van der Waals surface area contributed by atoms with Gasteiger partial charge in [-0.1, -0.05) is 13.8 Å². The van der Waals surface area contributed by atoms with Crippen LogP contribution in [0.5, 0.6) is 0 Å². The van der Waals surface area contributed by atoms with Gasteiger partial charge in [-0.25, -0.2) is 0 Å². The fourth-order valence-electron chi connectivity index (χ4n) is 1.30. The maximum Gasteiger partial charge on any atom is 0.306 e. The van der Waals surface area contributed by atoms with Gasteiger partial charge in [-0.2, -0.15) is 0 Å². The molecule has 0 rings (SSSR count). The van der Waals surface area contributed by atoms with Crippen LogP contribution in [-0.2, 0) is 14.3 Å². The van der Waals surface area contributed by atoms with Gasteiger partial charge in [0.2, 0.25) is 5.91 Å². The van der Waals surface area contributed by atoms with Crippen LogP contribution in [0.25, 0.3) is 0 Å². The van der Waals surface area contributed by atoms with Crippen molar-refractivity contribution < 1.29 is 14.3 Å². The fourth-order valence-corrected chi connectivity index (χ4v) is 2.41. The van der Waals surface area contributed by atoms with Crippen molar-refractivity contribution in [2.45, 2.75) is 63.5 Å². The first-order valence-electron chi connectivity index (χ1n) is 6.26. The third-order valence-corrected chi connectivity index (χ3v) is 4.09. The van der Waals surface area contributed by atoms with Gasteiger partial charge in [0.1, 0.15) is 0 Å². The number of carbonyl (C=O) groups excluding carboxylic acids is 2. The molecule has 0 saturated heterocycles. The Bertz CT molecular complexity index is 292. The molecule has 0 saturated carbocycles. The predicted octanol–water partition coefficient (Wildman–Crippen LogP) is 2.36. The molecule has 0 radical (unpaired) electrons. The number of carbonyl (C=O) groups is 2. The second kappa shape index (κ2) is 7.67. The van der Waals surface area contributed by atoms with Crippen molar-refractivity contribution >= 4 is 23.6 Å². The molecule has 0 aliphatic heterocycles. The second-order valence-electron chi connectivity index (χ2n) is 5.10. The minimum absolute atomic E-state index is 0.0172. The van der Waals surface area contributed by atoms with E-state index in [-0.39, 0.29) is 27.9 Å². The SMILES string of the molecule is CCC(C)(C)NC(=O)C(C)SC(C)CC(=O)OC. The Labute approximate surface area is 114 Å². The summed E-state index contributed by atoms with van der Waals surface area (Å²) in [5, 5.41) is 2.90. The molecule has 0 aromatic heterocycles. The van der Waals surface area contributed by atoms with E-state index < -0.39 is 0 Å². The highest BCUT2D eigenvalue weighted by Gasteiger charge is 2.24. The van der Waals surface area contributed by atoms with Gasteiger partial charge in [0.05, 0.1) is 18.8 Å². The van der Waals surface area contributed by atoms with Crippen molar-refractivity contribution in [3.05, 3.63) is 0 Å². The molecule has 1 amide bonds. The molecule has 0 aromatic rings. The number of amides is 1. The smallest absolute Gasteiger partial charge is 0.306 e. The molecule has 0 aromatic carbocycles. The molecular formula is C13H25NO3S. The Morgan fingerprint density at radius 1 is 1.33 bits per heavy atom. The zero-order valence-corrected chi connectivity index (χ0v) is 13.0. The Kier molecular flexibility index (Phi) is 7.36. The van der Waals surface area contributed by atoms with E-state index in [0.717, 1.165) is 6.42 Å². The van der Waals surface area contributed by atoms with Crippen molar-refractivity contribution in [1.29, 1.82) is 0 Å². The second-order valence-corrected chi connectivity index (χ2v) is 6.88. The molecule has 2 unspecified atom stereocenters. The van der Waals surface area contributed by atoms with Gasteiger partial charge < -0.3 is 10.1 Å². The number of hydrogen-bond acceptors (Lipinski definition) is 4. The normalized spacial score (nSPS) is 14.8. The van der Waals surface area contributed by atoms with Gasteiger partial charge in [0.25, 0.3) is 0 Å². The molecule has 2 atom stereocenters. The highest BCUT2D eigenvalue weighted by Crippen LogP contribution is 2.21.